The van der Waals surface area contributed by atoms with E-state index >= 15 is 0 Å². The number of aromatic nitrogens is 2. The Hall–Kier alpha value is -3.13. The Morgan fingerprint density at radius 3 is 2.38 bits per heavy atom. The molecule has 0 spiro atoms. The van der Waals surface area contributed by atoms with Crippen LogP contribution >= 0.6 is 0 Å². The molecule has 1 aliphatic carbocycles. The van der Waals surface area contributed by atoms with Gasteiger partial charge in [-0.2, -0.15) is 0 Å². The van der Waals surface area contributed by atoms with Gasteiger partial charge < -0.3 is 35.1 Å². The standard InChI is InChI=1S/C30H44N8O2/c1-5-25-28(32-21-6-9-24(39)10-7-21)35-30(29(31-2)33-25)34-26-11-8-23(20-27(26)40-4)37-14-12-22(13-15-37)38-18-16-36(3)17-19-38/h8,11,20-22,24,39H,5-7,9-10,12-19H2,1,3-4H3,(H2,32,34,35)/t21-,24-. The van der Waals surface area contributed by atoms with Gasteiger partial charge in [-0.3, -0.25) is 4.90 Å². The number of hydrogen-bond acceptors (Lipinski definition) is 9. The van der Waals surface area contributed by atoms with Gasteiger partial charge in [0, 0.05) is 69.5 Å². The second-order valence-electron chi connectivity index (χ2n) is 11.4. The number of rotatable bonds is 8. The quantitative estimate of drug-likeness (QED) is 0.418. The minimum atomic E-state index is -0.213. The molecule has 0 atom stereocenters. The van der Waals surface area contributed by atoms with Gasteiger partial charge in [-0.25, -0.2) is 4.98 Å². The number of methoxy groups -OCH3 is 1. The van der Waals surface area contributed by atoms with E-state index in [1.54, 1.807) is 7.11 Å². The number of aliphatic hydroxyl groups is 1. The van der Waals surface area contributed by atoms with E-state index < -0.39 is 0 Å². The van der Waals surface area contributed by atoms with E-state index in [1.165, 1.54) is 25.9 Å². The van der Waals surface area contributed by atoms with E-state index in [1.807, 2.05) is 13.0 Å². The topological polar surface area (TPSA) is 93.4 Å². The molecule has 0 amide bonds. The van der Waals surface area contributed by atoms with Crippen LogP contribution in [0, 0.1) is 6.57 Å². The molecule has 3 N–H and O–H groups in total. The smallest absolute Gasteiger partial charge is 0.312 e. The molecule has 0 radical (unpaired) electrons. The number of piperazine rings is 1. The lowest BCUT2D eigenvalue weighted by atomic mass is 9.93. The van der Waals surface area contributed by atoms with E-state index in [-0.39, 0.29) is 18.0 Å². The van der Waals surface area contributed by atoms with E-state index in [4.69, 9.17) is 16.3 Å². The Balaban J connectivity index is 1.28. The number of benzene rings is 1. The molecule has 0 unspecified atom stereocenters. The van der Waals surface area contributed by atoms with Crippen molar-refractivity contribution < 1.29 is 9.84 Å². The van der Waals surface area contributed by atoms with Crippen LogP contribution in [0.2, 0.25) is 0 Å². The zero-order valence-electron chi connectivity index (χ0n) is 24.2. The molecular formula is C30H44N8O2. The summed E-state index contributed by atoms with van der Waals surface area (Å²) in [5.41, 5.74) is 2.69. The van der Waals surface area contributed by atoms with Crippen molar-refractivity contribution in [3.8, 4) is 5.75 Å². The van der Waals surface area contributed by atoms with Crippen molar-refractivity contribution in [2.24, 2.45) is 0 Å². The van der Waals surface area contributed by atoms with Crippen LogP contribution in [0.5, 0.6) is 5.75 Å². The molecule has 216 valence electrons. The molecule has 2 aliphatic heterocycles. The summed E-state index contributed by atoms with van der Waals surface area (Å²) in [5.74, 6) is 2.09. The van der Waals surface area contributed by atoms with Gasteiger partial charge in [-0.1, -0.05) is 13.5 Å². The highest BCUT2D eigenvalue weighted by molar-refractivity contribution is 5.75. The van der Waals surface area contributed by atoms with Gasteiger partial charge >= 0.3 is 5.82 Å². The van der Waals surface area contributed by atoms with Crippen LogP contribution in [0.4, 0.5) is 28.8 Å². The van der Waals surface area contributed by atoms with Gasteiger partial charge in [-0.15, -0.1) is 4.98 Å². The number of aliphatic hydroxyl groups excluding tert-OH is 1. The second-order valence-corrected chi connectivity index (χ2v) is 11.4. The van der Waals surface area contributed by atoms with Gasteiger partial charge in [-0.05, 0) is 57.7 Å². The zero-order chi connectivity index (χ0) is 28.1. The van der Waals surface area contributed by atoms with Crippen LogP contribution in [-0.4, -0.2) is 96.5 Å². The van der Waals surface area contributed by atoms with Gasteiger partial charge in [0.15, 0.2) is 17.3 Å². The molecule has 2 aromatic rings. The van der Waals surface area contributed by atoms with Crippen LogP contribution in [0.25, 0.3) is 4.85 Å². The van der Waals surface area contributed by atoms with Gasteiger partial charge in [0.05, 0.1) is 18.9 Å². The second kappa shape index (κ2) is 13.0. The van der Waals surface area contributed by atoms with E-state index in [0.717, 1.165) is 68.9 Å². The largest absolute Gasteiger partial charge is 0.494 e. The highest BCUT2D eigenvalue weighted by Gasteiger charge is 2.27. The van der Waals surface area contributed by atoms with Crippen molar-refractivity contribution >= 4 is 28.8 Å². The number of nitrogens with one attached hydrogen (secondary N) is 2. The van der Waals surface area contributed by atoms with E-state index in [2.05, 4.69) is 54.3 Å². The third-order valence-corrected chi connectivity index (χ3v) is 8.75. The molecule has 3 heterocycles. The van der Waals surface area contributed by atoms with Crippen LogP contribution in [0.3, 0.4) is 0 Å². The predicted octanol–water partition coefficient (Wildman–Crippen LogP) is 4.27. The molecule has 0 bridgehead atoms. The number of ether oxygens (including phenoxy) is 1. The SMILES string of the molecule is [C-]#[N+]c1nc(CC)c(N[C@H]2CC[C@H](O)CC2)nc1Nc1ccc(N2CCC(N3CCN(C)CC3)CC2)cc1OC. The normalized spacial score (nSPS) is 23.0. The fourth-order valence-corrected chi connectivity index (χ4v) is 6.18. The van der Waals surface area contributed by atoms with E-state index in [9.17, 15) is 5.11 Å². The molecule has 3 fully saturated rings. The molecular weight excluding hydrogens is 504 g/mol. The Labute approximate surface area is 238 Å². The van der Waals surface area contributed by atoms with Crippen molar-refractivity contribution in [3.63, 3.8) is 0 Å². The summed E-state index contributed by atoms with van der Waals surface area (Å²) in [6.45, 7) is 16.5. The fraction of sp³-hybridized carbons (Fsp3) is 0.633. The fourth-order valence-electron chi connectivity index (χ4n) is 6.18. The molecule has 40 heavy (non-hydrogen) atoms. The lowest BCUT2D eigenvalue weighted by Crippen LogP contribution is -2.52. The summed E-state index contributed by atoms with van der Waals surface area (Å²) < 4.78 is 5.79. The highest BCUT2D eigenvalue weighted by atomic mass is 16.5. The number of aryl methyl sites for hydroxylation is 1. The molecule has 10 nitrogen and oxygen atoms in total. The number of hydrogen-bond donors (Lipinski definition) is 3. The third kappa shape index (κ3) is 6.60. The molecule has 3 aliphatic rings. The highest BCUT2D eigenvalue weighted by Crippen LogP contribution is 2.36. The third-order valence-electron chi connectivity index (χ3n) is 8.75. The lowest BCUT2D eigenvalue weighted by Gasteiger charge is -2.42. The first kappa shape index (κ1) is 28.4. The van der Waals surface area contributed by atoms with Crippen LogP contribution in [-0.2, 0) is 6.42 Å². The Kier molecular flexibility index (Phi) is 9.25. The maximum Gasteiger partial charge on any atom is 0.312 e. The molecule has 10 heteroatoms. The summed E-state index contributed by atoms with van der Waals surface area (Å²) in [6, 6.07) is 7.13. The first-order chi connectivity index (χ1) is 19.5. The Bertz CT molecular complexity index is 1180. The molecule has 2 saturated heterocycles. The molecule has 5 rings (SSSR count). The van der Waals surface area contributed by atoms with Gasteiger partial charge in [0.1, 0.15) is 5.75 Å². The van der Waals surface area contributed by atoms with Crippen molar-refractivity contribution in [3.05, 3.63) is 35.3 Å². The molecule has 1 aromatic carbocycles. The Morgan fingerprint density at radius 2 is 1.73 bits per heavy atom. The summed E-state index contributed by atoms with van der Waals surface area (Å²) in [6.07, 6.45) is 6.17. The number of likely N-dealkylation sites (N-methyl/N-ethyl adjacent to an activating group) is 1. The molecule has 1 saturated carbocycles. The van der Waals surface area contributed by atoms with Crippen molar-refractivity contribution in [1.29, 1.82) is 0 Å². The maximum atomic E-state index is 9.88. The summed E-state index contributed by atoms with van der Waals surface area (Å²) >= 11 is 0. The summed E-state index contributed by atoms with van der Waals surface area (Å²) in [5, 5.41) is 16.8. The van der Waals surface area contributed by atoms with E-state index in [0.29, 0.717) is 29.8 Å². The van der Waals surface area contributed by atoms with Gasteiger partial charge in [0.25, 0.3) is 0 Å². The average molecular weight is 549 g/mol. The maximum absolute atomic E-state index is 9.88. The van der Waals surface area contributed by atoms with Crippen LogP contribution < -0.4 is 20.3 Å². The average Bonchev–Trinajstić information content (AvgIpc) is 2.99. The zero-order valence-corrected chi connectivity index (χ0v) is 24.2. The molecule has 1 aromatic heterocycles. The lowest BCUT2D eigenvalue weighted by molar-refractivity contribution is 0.0982. The monoisotopic (exact) mass is 548 g/mol. The Morgan fingerprint density at radius 1 is 1.00 bits per heavy atom. The number of piperidine rings is 1. The van der Waals surface area contributed by atoms with Crippen LogP contribution in [0.15, 0.2) is 18.2 Å². The number of anilines is 4. The first-order valence-electron chi connectivity index (χ1n) is 14.8. The van der Waals surface area contributed by atoms with Crippen LogP contribution in [0.1, 0.15) is 51.1 Å². The van der Waals surface area contributed by atoms with Crippen molar-refractivity contribution in [2.45, 2.75) is 70.1 Å². The predicted molar refractivity (Wildman–Crippen MR) is 160 cm³/mol. The minimum absolute atomic E-state index is 0.213. The summed E-state index contributed by atoms with van der Waals surface area (Å²) in [7, 11) is 3.89. The van der Waals surface area contributed by atoms with Gasteiger partial charge in [0.2, 0.25) is 0 Å². The first-order valence-corrected chi connectivity index (χ1v) is 14.8. The minimum Gasteiger partial charge on any atom is -0.494 e. The number of nitrogens with zero attached hydrogens (tertiary/aromatic N) is 6. The summed E-state index contributed by atoms with van der Waals surface area (Å²) in [4.78, 5) is 20.7. The van der Waals surface area contributed by atoms with Crippen molar-refractivity contribution in [1.82, 2.24) is 19.8 Å². The van der Waals surface area contributed by atoms with Crippen molar-refractivity contribution in [2.75, 3.05) is 69.0 Å².